The van der Waals surface area contributed by atoms with E-state index < -0.39 is 0 Å². The van der Waals surface area contributed by atoms with E-state index in [0.717, 1.165) is 32.1 Å². The van der Waals surface area contributed by atoms with Crippen LogP contribution in [0.5, 0.6) is 0 Å². The summed E-state index contributed by atoms with van der Waals surface area (Å²) in [5.74, 6) is 0. The Balaban J connectivity index is 0.00000100. The van der Waals surface area contributed by atoms with Crippen LogP contribution in [0.2, 0.25) is 0 Å². The van der Waals surface area contributed by atoms with E-state index in [9.17, 15) is 0 Å². The van der Waals surface area contributed by atoms with Gasteiger partial charge in [-0.2, -0.15) is 0 Å². The second-order valence-electron chi connectivity index (χ2n) is 9.94. The number of methoxy groups -OCH3 is 2. The number of allylic oxidation sites excluding steroid dienone is 1. The van der Waals surface area contributed by atoms with Crippen LogP contribution >= 0.6 is 0 Å². The molecular weight excluding hydrogens is 428 g/mol. The van der Waals surface area contributed by atoms with Crippen molar-refractivity contribution in [3.8, 4) is 11.1 Å². The summed E-state index contributed by atoms with van der Waals surface area (Å²) in [5.41, 5.74) is 7.07. The van der Waals surface area contributed by atoms with Crippen LogP contribution in [-0.2, 0) is 21.3 Å². The predicted molar refractivity (Wildman–Crippen MR) is 152 cm³/mol. The van der Waals surface area contributed by atoms with E-state index in [0.29, 0.717) is 0 Å². The van der Waals surface area contributed by atoms with Gasteiger partial charge in [-0.3, -0.25) is 0 Å². The van der Waals surface area contributed by atoms with Crippen LogP contribution in [0.1, 0.15) is 108 Å². The molecule has 35 heavy (non-hydrogen) atoms. The molecule has 0 aliphatic heterocycles. The van der Waals surface area contributed by atoms with Crippen molar-refractivity contribution in [3.63, 3.8) is 0 Å². The first kappa shape index (κ1) is 29.3. The van der Waals surface area contributed by atoms with Crippen LogP contribution < -0.4 is 0 Å². The number of hydrogen-bond donors (Lipinski definition) is 0. The van der Waals surface area contributed by atoms with E-state index in [-0.39, 0.29) is 11.7 Å². The largest absolute Gasteiger partial charge is 0.355 e. The maximum atomic E-state index is 6.00. The molecule has 1 aliphatic rings. The highest BCUT2D eigenvalue weighted by Crippen LogP contribution is 2.47. The zero-order chi connectivity index (χ0) is 25.5. The fourth-order valence-electron chi connectivity index (χ4n) is 5.77. The molecule has 0 spiro atoms. The second kappa shape index (κ2) is 16.0. The molecule has 2 heteroatoms. The third-order valence-electron chi connectivity index (χ3n) is 7.48. The molecule has 1 unspecified atom stereocenters. The SMILES string of the molecule is C=CCC.CCCCCCCCCC(CCC)(c1cccc2c1Cc1ccccc1-2)C(OC)OC. The van der Waals surface area contributed by atoms with Gasteiger partial charge in [0.25, 0.3) is 0 Å². The van der Waals surface area contributed by atoms with Crippen LogP contribution in [0.3, 0.4) is 0 Å². The number of fused-ring (bicyclic) bond motifs is 3. The maximum absolute atomic E-state index is 6.00. The van der Waals surface area contributed by atoms with Crippen molar-refractivity contribution in [2.24, 2.45) is 0 Å². The lowest BCUT2D eigenvalue weighted by molar-refractivity contribution is -0.155. The Kier molecular flexibility index (Phi) is 13.4. The standard InChI is InChI=1S/C29H42O2.C4H8/c1-5-7-8-9-10-11-14-21-29(20-6-2,28(30-3)31-4)27-19-15-18-25-24-17-13-12-16-23(24)22-26(25)27;1-3-4-2/h12-13,15-19,28H,5-11,14,20-22H2,1-4H3;3H,1,4H2,2H3. The van der Waals surface area contributed by atoms with E-state index >= 15 is 0 Å². The van der Waals surface area contributed by atoms with Crippen molar-refractivity contribution in [1.82, 2.24) is 0 Å². The Labute approximate surface area is 216 Å². The molecule has 0 aromatic heterocycles. The van der Waals surface area contributed by atoms with Crippen molar-refractivity contribution in [2.75, 3.05) is 14.2 Å². The van der Waals surface area contributed by atoms with Gasteiger partial charge >= 0.3 is 0 Å². The van der Waals surface area contributed by atoms with Crippen molar-refractivity contribution in [2.45, 2.75) is 110 Å². The summed E-state index contributed by atoms with van der Waals surface area (Å²) in [6.45, 7) is 10.1. The molecule has 0 radical (unpaired) electrons. The van der Waals surface area contributed by atoms with E-state index in [1.54, 1.807) is 14.2 Å². The molecule has 0 bridgehead atoms. The summed E-state index contributed by atoms with van der Waals surface area (Å²) >= 11 is 0. The van der Waals surface area contributed by atoms with Crippen LogP contribution in [0.15, 0.2) is 55.1 Å². The molecule has 3 rings (SSSR count). The first-order valence-corrected chi connectivity index (χ1v) is 14.0. The lowest BCUT2D eigenvalue weighted by atomic mass is 9.70. The third-order valence-corrected chi connectivity index (χ3v) is 7.48. The molecule has 2 aromatic rings. The van der Waals surface area contributed by atoms with Crippen molar-refractivity contribution in [1.29, 1.82) is 0 Å². The van der Waals surface area contributed by atoms with Crippen molar-refractivity contribution in [3.05, 3.63) is 71.8 Å². The Bertz CT molecular complexity index is 867. The first-order chi connectivity index (χ1) is 17.1. The van der Waals surface area contributed by atoms with Gasteiger partial charge in [0.05, 0.1) is 0 Å². The molecule has 0 N–H and O–H groups in total. The molecule has 0 amide bonds. The van der Waals surface area contributed by atoms with Gasteiger partial charge in [-0.15, -0.1) is 6.58 Å². The van der Waals surface area contributed by atoms with E-state index in [1.807, 2.05) is 6.08 Å². The number of ether oxygens (including phenoxy) is 2. The second-order valence-corrected chi connectivity index (χ2v) is 9.94. The van der Waals surface area contributed by atoms with Gasteiger partial charge in [-0.1, -0.05) is 121 Å². The normalized spacial score (nSPS) is 13.5. The Morgan fingerprint density at radius 3 is 2.06 bits per heavy atom. The van der Waals surface area contributed by atoms with Gasteiger partial charge in [0, 0.05) is 19.6 Å². The molecule has 0 fully saturated rings. The predicted octanol–water partition coefficient (Wildman–Crippen LogP) is 9.64. The summed E-state index contributed by atoms with van der Waals surface area (Å²) in [5, 5.41) is 0. The van der Waals surface area contributed by atoms with Crippen LogP contribution in [-0.4, -0.2) is 20.5 Å². The first-order valence-electron chi connectivity index (χ1n) is 14.0. The number of hydrogen-bond acceptors (Lipinski definition) is 2. The third kappa shape index (κ3) is 7.54. The Hall–Kier alpha value is -1.90. The minimum atomic E-state index is -0.220. The van der Waals surface area contributed by atoms with Gasteiger partial charge < -0.3 is 9.47 Å². The number of rotatable bonds is 15. The minimum Gasteiger partial charge on any atom is -0.355 e. The zero-order valence-corrected chi connectivity index (χ0v) is 23.2. The average molecular weight is 479 g/mol. The van der Waals surface area contributed by atoms with Crippen LogP contribution in [0, 0.1) is 0 Å². The molecule has 1 atom stereocenters. The topological polar surface area (TPSA) is 18.5 Å². The summed E-state index contributed by atoms with van der Waals surface area (Å²) < 4.78 is 12.0. The van der Waals surface area contributed by atoms with Gasteiger partial charge in [-0.25, -0.2) is 0 Å². The number of unbranched alkanes of at least 4 members (excludes halogenated alkanes) is 6. The molecule has 2 aromatic carbocycles. The van der Waals surface area contributed by atoms with E-state index in [2.05, 4.69) is 69.8 Å². The molecule has 194 valence electrons. The van der Waals surface area contributed by atoms with Gasteiger partial charge in [0.2, 0.25) is 0 Å². The molecule has 0 saturated carbocycles. The summed E-state index contributed by atoms with van der Waals surface area (Å²) in [4.78, 5) is 0. The maximum Gasteiger partial charge on any atom is 0.166 e. The van der Waals surface area contributed by atoms with Crippen molar-refractivity contribution < 1.29 is 9.47 Å². The number of benzene rings is 2. The van der Waals surface area contributed by atoms with E-state index in [1.165, 1.54) is 72.8 Å². The Morgan fingerprint density at radius 2 is 1.43 bits per heavy atom. The van der Waals surface area contributed by atoms with Crippen LogP contribution in [0.4, 0.5) is 0 Å². The highest BCUT2D eigenvalue weighted by atomic mass is 16.7. The van der Waals surface area contributed by atoms with E-state index in [4.69, 9.17) is 9.47 Å². The lowest BCUT2D eigenvalue weighted by Crippen LogP contribution is -2.43. The molecule has 0 heterocycles. The van der Waals surface area contributed by atoms with Crippen LogP contribution in [0.25, 0.3) is 11.1 Å². The average Bonchev–Trinajstić information content (AvgIpc) is 3.27. The van der Waals surface area contributed by atoms with Gasteiger partial charge in [0.15, 0.2) is 6.29 Å². The highest BCUT2D eigenvalue weighted by Gasteiger charge is 2.42. The summed E-state index contributed by atoms with van der Waals surface area (Å²) in [6, 6.07) is 15.8. The smallest absolute Gasteiger partial charge is 0.166 e. The zero-order valence-electron chi connectivity index (χ0n) is 23.2. The molecule has 1 aliphatic carbocycles. The monoisotopic (exact) mass is 478 g/mol. The van der Waals surface area contributed by atoms with Gasteiger partial charge in [-0.05, 0) is 53.5 Å². The fourth-order valence-corrected chi connectivity index (χ4v) is 5.77. The highest BCUT2D eigenvalue weighted by molar-refractivity contribution is 5.78. The summed E-state index contributed by atoms with van der Waals surface area (Å²) in [7, 11) is 3.61. The summed E-state index contributed by atoms with van der Waals surface area (Å²) in [6.07, 6.45) is 16.4. The lowest BCUT2D eigenvalue weighted by Gasteiger charge is -2.41. The van der Waals surface area contributed by atoms with Crippen molar-refractivity contribution >= 4 is 0 Å². The molecule has 2 nitrogen and oxygen atoms in total. The molecular formula is C33H50O2. The quantitative estimate of drug-likeness (QED) is 0.123. The van der Waals surface area contributed by atoms with Gasteiger partial charge in [0.1, 0.15) is 0 Å². The molecule has 0 saturated heterocycles. The minimum absolute atomic E-state index is 0.102. The Morgan fingerprint density at radius 1 is 0.800 bits per heavy atom. The fraction of sp³-hybridized carbons (Fsp3) is 0.576.